The molecule has 1 aliphatic carbocycles. The lowest BCUT2D eigenvalue weighted by Gasteiger charge is -2.37. The standard InChI is InChI=1S/C45H59N9O12/c1-27(29-11-9-28(25-46)10-12-29)49-37(56)34-24-32(26-54(34)42(62)66-44(2,3)4)64-43(63)65-35(38(57)53-22-20-52(5)21-23-53)30-13-15-31(16-14-30)50-36(55)33(8-6-19-48-41(47)61)51-39(58)45(40(59)60)17-7-18-45/h9-16,27,32-35H,6-8,17-24,26H2,1-5H3,(H,49,56)(H,50,55)(H,51,58)(H,59,60)(H3,47,48,61)/t27-,32+,33-,34-,35?/m0/s1. The highest BCUT2D eigenvalue weighted by Crippen LogP contribution is 2.41. The largest absolute Gasteiger partial charge is 0.509 e. The minimum atomic E-state index is -1.64. The Labute approximate surface area is 382 Å². The van der Waals surface area contributed by atoms with Gasteiger partial charge in [0.25, 0.3) is 5.91 Å². The summed E-state index contributed by atoms with van der Waals surface area (Å²) in [7, 11) is 1.91. The van der Waals surface area contributed by atoms with E-state index in [2.05, 4.69) is 21.3 Å². The van der Waals surface area contributed by atoms with Gasteiger partial charge in [-0.3, -0.25) is 28.9 Å². The lowest BCUT2D eigenvalue weighted by molar-refractivity contribution is -0.162. The maximum Gasteiger partial charge on any atom is 0.509 e. The molecule has 2 heterocycles. The molecule has 3 fully saturated rings. The van der Waals surface area contributed by atoms with E-state index in [0.717, 1.165) is 0 Å². The van der Waals surface area contributed by atoms with Crippen LogP contribution in [0.2, 0.25) is 0 Å². The maximum atomic E-state index is 14.1. The summed E-state index contributed by atoms with van der Waals surface area (Å²) in [6.07, 6.45) is -3.68. The summed E-state index contributed by atoms with van der Waals surface area (Å²) in [5.41, 5.74) is 4.21. The van der Waals surface area contributed by atoms with Crippen LogP contribution in [0, 0.1) is 16.7 Å². The summed E-state index contributed by atoms with van der Waals surface area (Å²) < 4.78 is 17.0. The number of ether oxygens (including phenoxy) is 3. The first-order valence-electron chi connectivity index (χ1n) is 21.8. The van der Waals surface area contributed by atoms with Crippen LogP contribution in [0.3, 0.4) is 0 Å². The Morgan fingerprint density at radius 2 is 1.58 bits per heavy atom. The zero-order chi connectivity index (χ0) is 48.3. The van der Waals surface area contributed by atoms with Gasteiger partial charge in [0.15, 0.2) is 0 Å². The van der Waals surface area contributed by atoms with Crippen LogP contribution in [0.1, 0.15) is 95.1 Å². The predicted octanol–water partition coefficient (Wildman–Crippen LogP) is 2.91. The molecular weight excluding hydrogens is 859 g/mol. The number of nitrogens with one attached hydrogen (secondary N) is 4. The molecule has 2 aromatic rings. The normalized spacial score (nSPS) is 19.3. The van der Waals surface area contributed by atoms with Gasteiger partial charge in [-0.25, -0.2) is 14.4 Å². The number of amides is 7. The van der Waals surface area contributed by atoms with E-state index < -0.39 is 89.2 Å². The van der Waals surface area contributed by atoms with Crippen molar-refractivity contribution < 1.29 is 57.7 Å². The topological polar surface area (TPSA) is 292 Å². The van der Waals surface area contributed by atoms with Crippen LogP contribution in [0.15, 0.2) is 48.5 Å². The molecular formula is C45H59N9O12. The van der Waals surface area contributed by atoms with Crippen LogP contribution in [0.5, 0.6) is 0 Å². The average molecular weight is 918 g/mol. The number of carbonyl (C=O) groups excluding carboxylic acids is 7. The van der Waals surface area contributed by atoms with Crippen molar-refractivity contribution in [2.24, 2.45) is 11.1 Å². The average Bonchev–Trinajstić information content (AvgIpc) is 3.67. The molecule has 1 saturated carbocycles. The molecule has 2 aliphatic heterocycles. The SMILES string of the molecule is C[C@H](NC(=O)[C@@H]1C[C@@H](OC(=O)OC(C(=O)N2CCN(C)CC2)c2ccc(NC(=O)[C@H](CCCNC(N)=O)NC(=O)C3(C(=O)O)CCC3)cc2)CN1C(=O)OC(C)(C)C)c1ccc(C#N)cc1. The first-order chi connectivity index (χ1) is 31.2. The monoisotopic (exact) mass is 917 g/mol. The van der Waals surface area contributed by atoms with Crippen LogP contribution in [-0.2, 0) is 38.2 Å². The molecule has 66 heavy (non-hydrogen) atoms. The molecule has 0 bridgehead atoms. The van der Waals surface area contributed by atoms with Crippen LogP contribution >= 0.6 is 0 Å². The van der Waals surface area contributed by atoms with Gasteiger partial charge in [0.2, 0.25) is 23.8 Å². The molecule has 356 valence electrons. The highest BCUT2D eigenvalue weighted by molar-refractivity contribution is 6.05. The van der Waals surface area contributed by atoms with Crippen molar-refractivity contribution in [1.29, 1.82) is 5.26 Å². The minimum absolute atomic E-state index is 0.0306. The first-order valence-corrected chi connectivity index (χ1v) is 21.8. The van der Waals surface area contributed by atoms with Crippen LogP contribution in [0.25, 0.3) is 0 Å². The van der Waals surface area contributed by atoms with Gasteiger partial charge in [-0.05, 0) is 90.3 Å². The van der Waals surface area contributed by atoms with Gasteiger partial charge < -0.3 is 56.1 Å². The van der Waals surface area contributed by atoms with Crippen molar-refractivity contribution in [3.8, 4) is 6.07 Å². The molecule has 7 N–H and O–H groups in total. The number of nitrogens with zero attached hydrogens (tertiary/aromatic N) is 4. The minimum Gasteiger partial charge on any atom is -0.480 e. The lowest BCUT2D eigenvalue weighted by atomic mass is 9.68. The molecule has 5 atom stereocenters. The van der Waals surface area contributed by atoms with E-state index in [1.807, 2.05) is 18.0 Å². The summed E-state index contributed by atoms with van der Waals surface area (Å²) in [4.78, 5) is 110. The highest BCUT2D eigenvalue weighted by Gasteiger charge is 2.52. The number of aliphatic carboxylic acids is 1. The fraction of sp³-hybridized carbons (Fsp3) is 0.533. The van der Waals surface area contributed by atoms with Gasteiger partial charge in [-0.1, -0.05) is 30.7 Å². The van der Waals surface area contributed by atoms with Gasteiger partial charge in [-0.2, -0.15) is 5.26 Å². The van der Waals surface area contributed by atoms with E-state index >= 15 is 0 Å². The van der Waals surface area contributed by atoms with Crippen molar-refractivity contribution >= 4 is 53.6 Å². The maximum absolute atomic E-state index is 14.1. The van der Waals surface area contributed by atoms with Crippen LogP contribution < -0.4 is 27.0 Å². The summed E-state index contributed by atoms with van der Waals surface area (Å²) in [5.74, 6) is -3.83. The second-order valence-corrected chi connectivity index (χ2v) is 17.8. The smallest absolute Gasteiger partial charge is 0.480 e. The lowest BCUT2D eigenvalue weighted by Crippen LogP contribution is -2.55. The van der Waals surface area contributed by atoms with Gasteiger partial charge in [0.1, 0.15) is 29.2 Å². The van der Waals surface area contributed by atoms with E-state index in [4.69, 9.17) is 19.9 Å². The summed E-state index contributed by atoms with van der Waals surface area (Å²) in [6.45, 7) is 8.45. The van der Waals surface area contributed by atoms with E-state index in [9.17, 15) is 48.7 Å². The third kappa shape index (κ3) is 13.1. The molecule has 2 aromatic carbocycles. The molecule has 3 aliphatic rings. The number of carboxylic acid groups (broad SMARTS) is 1. The molecule has 2 saturated heterocycles. The zero-order valence-electron chi connectivity index (χ0n) is 37.8. The van der Waals surface area contributed by atoms with E-state index in [0.29, 0.717) is 43.7 Å². The molecule has 0 aromatic heterocycles. The number of primary amides is 1. The zero-order valence-corrected chi connectivity index (χ0v) is 37.8. The van der Waals surface area contributed by atoms with Gasteiger partial charge >= 0.3 is 24.2 Å². The molecule has 7 amide bonds. The Balaban J connectivity index is 1.31. The predicted molar refractivity (Wildman–Crippen MR) is 235 cm³/mol. The second-order valence-electron chi connectivity index (χ2n) is 17.8. The number of hydrogen-bond donors (Lipinski definition) is 6. The summed E-state index contributed by atoms with van der Waals surface area (Å²) >= 11 is 0. The fourth-order valence-electron chi connectivity index (χ4n) is 7.73. The number of nitriles is 1. The quantitative estimate of drug-likeness (QED) is 0.0802. The molecule has 21 nitrogen and oxygen atoms in total. The molecule has 0 radical (unpaired) electrons. The third-order valence-electron chi connectivity index (χ3n) is 11.7. The number of likely N-dealkylation sites (tertiary alicyclic amines) is 1. The number of carboxylic acids is 1. The second kappa shape index (κ2) is 21.8. The van der Waals surface area contributed by atoms with Gasteiger partial charge in [0.05, 0.1) is 24.2 Å². The van der Waals surface area contributed by atoms with Crippen LogP contribution in [-0.4, -0.2) is 138 Å². The van der Waals surface area contributed by atoms with E-state index in [-0.39, 0.29) is 56.4 Å². The number of carbonyl (C=O) groups is 8. The Morgan fingerprint density at radius 3 is 2.14 bits per heavy atom. The third-order valence-corrected chi connectivity index (χ3v) is 11.7. The van der Waals surface area contributed by atoms with Crippen molar-refractivity contribution in [2.75, 3.05) is 51.6 Å². The fourth-order valence-corrected chi connectivity index (χ4v) is 7.73. The van der Waals surface area contributed by atoms with E-state index in [1.165, 1.54) is 29.2 Å². The number of piperazine rings is 1. The number of benzene rings is 2. The summed E-state index contributed by atoms with van der Waals surface area (Å²) in [6, 6.07) is 11.0. The Hall–Kier alpha value is -6.95. The first kappa shape index (κ1) is 50.1. The number of urea groups is 1. The van der Waals surface area contributed by atoms with E-state index in [1.54, 1.807) is 56.9 Å². The molecule has 21 heteroatoms. The number of likely N-dealkylation sites (N-methyl/N-ethyl adjacent to an activating group) is 1. The molecule has 5 rings (SSSR count). The number of anilines is 1. The summed E-state index contributed by atoms with van der Waals surface area (Å²) in [5, 5.41) is 29.5. The van der Waals surface area contributed by atoms with Crippen molar-refractivity contribution in [2.45, 2.75) is 102 Å². The molecule has 0 spiro atoms. The Kier molecular flexibility index (Phi) is 16.5. The number of nitrogens with two attached hydrogens (primary N) is 1. The Morgan fingerprint density at radius 1 is 0.939 bits per heavy atom. The van der Waals surface area contributed by atoms with Gasteiger partial charge in [-0.15, -0.1) is 0 Å². The highest BCUT2D eigenvalue weighted by atomic mass is 16.7. The number of hydrogen-bond acceptors (Lipinski definition) is 13. The van der Waals surface area contributed by atoms with Gasteiger partial charge in [0, 0.05) is 50.4 Å². The van der Waals surface area contributed by atoms with Crippen molar-refractivity contribution in [3.05, 3.63) is 65.2 Å². The van der Waals surface area contributed by atoms with Crippen molar-refractivity contribution in [3.63, 3.8) is 0 Å². The number of rotatable bonds is 16. The Bertz CT molecular complexity index is 2160. The molecule has 1 unspecified atom stereocenters. The van der Waals surface area contributed by atoms with Crippen LogP contribution in [0.4, 0.5) is 20.1 Å². The van der Waals surface area contributed by atoms with Crippen molar-refractivity contribution in [1.82, 2.24) is 30.7 Å².